The lowest BCUT2D eigenvalue weighted by Crippen LogP contribution is -2.08. The first-order chi connectivity index (χ1) is 14.6. The molecule has 0 unspecified atom stereocenters. The Labute approximate surface area is 186 Å². The number of thioether (sulfide) groups is 1. The van der Waals surface area contributed by atoms with E-state index in [4.69, 9.17) is 9.72 Å². The van der Waals surface area contributed by atoms with Crippen molar-refractivity contribution in [1.82, 2.24) is 15.0 Å². The number of aromatic nitrogens is 3. The van der Waals surface area contributed by atoms with Gasteiger partial charge in [0.1, 0.15) is 16.2 Å². The molecular formula is C23H29N3O2S2. The Bertz CT molecular complexity index is 1060. The fraction of sp³-hybridized carbons (Fsp3) is 0.565. The number of esters is 1. The van der Waals surface area contributed by atoms with Crippen LogP contribution in [0.5, 0.6) is 0 Å². The van der Waals surface area contributed by atoms with Crippen molar-refractivity contribution in [2.24, 2.45) is 5.92 Å². The zero-order valence-corrected chi connectivity index (χ0v) is 19.6. The molecule has 0 saturated carbocycles. The minimum absolute atomic E-state index is 0.179. The molecule has 0 aromatic carbocycles. The first kappa shape index (κ1) is 21.5. The zero-order valence-electron chi connectivity index (χ0n) is 18.0. The summed E-state index contributed by atoms with van der Waals surface area (Å²) < 4.78 is 6.38. The van der Waals surface area contributed by atoms with E-state index in [2.05, 4.69) is 30.7 Å². The van der Waals surface area contributed by atoms with E-state index in [1.54, 1.807) is 17.7 Å². The molecule has 0 aliphatic heterocycles. The van der Waals surface area contributed by atoms with Gasteiger partial charge in [-0.1, -0.05) is 45.4 Å². The summed E-state index contributed by atoms with van der Waals surface area (Å²) in [6.07, 6.45) is 9.18. The third-order valence-electron chi connectivity index (χ3n) is 5.46. The Balaban J connectivity index is 1.62. The smallest absolute Gasteiger partial charge is 0.316 e. The van der Waals surface area contributed by atoms with Gasteiger partial charge in [0, 0.05) is 11.1 Å². The van der Waals surface area contributed by atoms with Gasteiger partial charge < -0.3 is 4.74 Å². The number of rotatable bonds is 9. The molecule has 0 atom stereocenters. The number of hydrogen-bond donors (Lipinski definition) is 0. The molecule has 0 spiro atoms. The van der Waals surface area contributed by atoms with Crippen LogP contribution in [0.4, 0.5) is 0 Å². The Morgan fingerprint density at radius 2 is 2.07 bits per heavy atom. The quantitative estimate of drug-likeness (QED) is 0.181. The first-order valence-corrected chi connectivity index (χ1v) is 12.7. The lowest BCUT2D eigenvalue weighted by molar-refractivity contribution is -0.140. The Morgan fingerprint density at radius 1 is 1.23 bits per heavy atom. The standard InChI is InChI=1S/C23H29N3O2S2/c1-4-5-6-10-28-18(27)12-29-23-21-20(24-13-25-23)19-16-9-7-8-15(16)17(11-14(2)3)26-22(19)30-21/h13-14H,4-12H2,1-3H3. The topological polar surface area (TPSA) is 65.0 Å². The Morgan fingerprint density at radius 3 is 2.87 bits per heavy atom. The maximum atomic E-state index is 12.1. The average Bonchev–Trinajstić information content (AvgIpc) is 3.33. The molecule has 3 aromatic rings. The summed E-state index contributed by atoms with van der Waals surface area (Å²) in [5, 5.41) is 2.06. The second-order valence-corrected chi connectivity index (χ2v) is 10.3. The van der Waals surface area contributed by atoms with Crippen LogP contribution in [-0.4, -0.2) is 33.3 Å². The molecule has 160 valence electrons. The first-order valence-electron chi connectivity index (χ1n) is 10.9. The maximum absolute atomic E-state index is 12.1. The molecule has 30 heavy (non-hydrogen) atoms. The highest BCUT2D eigenvalue weighted by Gasteiger charge is 2.24. The number of nitrogens with zero attached hydrogens (tertiary/aromatic N) is 3. The van der Waals surface area contributed by atoms with Gasteiger partial charge >= 0.3 is 5.97 Å². The van der Waals surface area contributed by atoms with Crippen molar-refractivity contribution in [3.8, 4) is 0 Å². The molecule has 3 heterocycles. The summed E-state index contributed by atoms with van der Waals surface area (Å²) >= 11 is 3.10. The van der Waals surface area contributed by atoms with Gasteiger partial charge in [0.05, 0.1) is 22.6 Å². The molecular weight excluding hydrogens is 414 g/mol. The van der Waals surface area contributed by atoms with Crippen molar-refractivity contribution in [3.05, 3.63) is 23.1 Å². The van der Waals surface area contributed by atoms with Crippen LogP contribution in [0, 0.1) is 5.92 Å². The predicted octanol–water partition coefficient (Wildman–Crippen LogP) is 5.75. The summed E-state index contributed by atoms with van der Waals surface area (Å²) in [5.74, 6) is 0.682. The van der Waals surface area contributed by atoms with Gasteiger partial charge in [-0.2, -0.15) is 0 Å². The molecule has 1 aliphatic rings. The molecule has 0 amide bonds. The average molecular weight is 444 g/mol. The summed E-state index contributed by atoms with van der Waals surface area (Å²) in [7, 11) is 0. The molecule has 0 N–H and O–H groups in total. The molecule has 5 nitrogen and oxygen atoms in total. The van der Waals surface area contributed by atoms with E-state index in [9.17, 15) is 4.79 Å². The molecule has 3 aromatic heterocycles. The van der Waals surface area contributed by atoms with Gasteiger partial charge in [-0.15, -0.1) is 11.3 Å². The van der Waals surface area contributed by atoms with Crippen molar-refractivity contribution in [1.29, 1.82) is 0 Å². The van der Waals surface area contributed by atoms with Crippen LogP contribution in [0.1, 0.15) is 63.3 Å². The SMILES string of the molecule is CCCCCOC(=O)CSc1ncnc2c1sc1nc(CC(C)C)c3c(c12)CCC3. The van der Waals surface area contributed by atoms with Gasteiger partial charge in [0.2, 0.25) is 0 Å². The summed E-state index contributed by atoms with van der Waals surface area (Å²) in [4.78, 5) is 27.3. The highest BCUT2D eigenvalue weighted by molar-refractivity contribution is 8.00. The summed E-state index contributed by atoms with van der Waals surface area (Å²) in [6, 6.07) is 0. The van der Waals surface area contributed by atoms with Crippen molar-refractivity contribution >= 4 is 49.5 Å². The van der Waals surface area contributed by atoms with E-state index in [-0.39, 0.29) is 11.7 Å². The molecule has 0 fully saturated rings. The Kier molecular flexibility index (Phi) is 6.88. The second-order valence-electron chi connectivity index (χ2n) is 8.32. The lowest BCUT2D eigenvalue weighted by atomic mass is 9.99. The summed E-state index contributed by atoms with van der Waals surface area (Å²) in [6.45, 7) is 7.14. The van der Waals surface area contributed by atoms with Crippen molar-refractivity contribution < 1.29 is 9.53 Å². The predicted molar refractivity (Wildman–Crippen MR) is 124 cm³/mol. The van der Waals surface area contributed by atoms with Gasteiger partial charge in [0.25, 0.3) is 0 Å². The molecule has 0 radical (unpaired) electrons. The number of carbonyl (C=O) groups is 1. The highest BCUT2D eigenvalue weighted by Crippen LogP contribution is 2.42. The van der Waals surface area contributed by atoms with E-state index in [1.165, 1.54) is 40.4 Å². The molecule has 0 bridgehead atoms. The van der Waals surface area contributed by atoms with Crippen LogP contribution < -0.4 is 0 Å². The number of fused-ring (bicyclic) bond motifs is 5. The largest absolute Gasteiger partial charge is 0.465 e. The van der Waals surface area contributed by atoms with Gasteiger partial charge in [-0.3, -0.25) is 4.79 Å². The van der Waals surface area contributed by atoms with Gasteiger partial charge in [0.15, 0.2) is 0 Å². The number of hydrogen-bond acceptors (Lipinski definition) is 7. The second kappa shape index (κ2) is 9.60. The number of pyridine rings is 1. The lowest BCUT2D eigenvalue weighted by Gasteiger charge is -2.11. The third kappa shape index (κ3) is 4.47. The van der Waals surface area contributed by atoms with Gasteiger partial charge in [-0.05, 0) is 49.1 Å². The number of unbranched alkanes of at least 4 members (excludes halogenated alkanes) is 2. The summed E-state index contributed by atoms with van der Waals surface area (Å²) in [5.41, 5.74) is 5.13. The van der Waals surface area contributed by atoms with Crippen LogP contribution in [0.25, 0.3) is 20.4 Å². The minimum Gasteiger partial charge on any atom is -0.465 e. The van der Waals surface area contributed by atoms with Crippen LogP contribution in [-0.2, 0) is 28.8 Å². The fourth-order valence-electron chi connectivity index (χ4n) is 4.12. The van der Waals surface area contributed by atoms with Crippen LogP contribution >= 0.6 is 23.1 Å². The fourth-order valence-corrected chi connectivity index (χ4v) is 6.17. The van der Waals surface area contributed by atoms with Crippen molar-refractivity contribution in [2.45, 2.75) is 70.7 Å². The van der Waals surface area contributed by atoms with E-state index in [0.29, 0.717) is 12.5 Å². The van der Waals surface area contributed by atoms with Crippen LogP contribution in [0.3, 0.4) is 0 Å². The number of carbonyl (C=O) groups excluding carboxylic acids is 1. The Hall–Kier alpha value is -1.73. The number of thiophene rings is 1. The molecule has 1 aliphatic carbocycles. The van der Waals surface area contributed by atoms with E-state index >= 15 is 0 Å². The van der Waals surface area contributed by atoms with Gasteiger partial charge in [-0.25, -0.2) is 15.0 Å². The minimum atomic E-state index is -0.179. The van der Waals surface area contributed by atoms with E-state index in [0.717, 1.165) is 58.6 Å². The van der Waals surface area contributed by atoms with E-state index in [1.807, 2.05) is 0 Å². The zero-order chi connectivity index (χ0) is 21.1. The van der Waals surface area contributed by atoms with Crippen LogP contribution in [0.15, 0.2) is 11.4 Å². The normalized spacial score (nSPS) is 13.5. The number of aryl methyl sites for hydroxylation is 1. The third-order valence-corrected chi connectivity index (χ3v) is 7.64. The maximum Gasteiger partial charge on any atom is 0.316 e. The van der Waals surface area contributed by atoms with Crippen LogP contribution in [0.2, 0.25) is 0 Å². The van der Waals surface area contributed by atoms with Crippen molar-refractivity contribution in [2.75, 3.05) is 12.4 Å². The van der Waals surface area contributed by atoms with Crippen molar-refractivity contribution in [3.63, 3.8) is 0 Å². The molecule has 4 rings (SSSR count). The molecule has 7 heteroatoms. The monoisotopic (exact) mass is 443 g/mol. The van der Waals surface area contributed by atoms with E-state index < -0.39 is 0 Å². The molecule has 0 saturated heterocycles. The number of ether oxygens (including phenoxy) is 1. The highest BCUT2D eigenvalue weighted by atomic mass is 32.2.